The maximum atomic E-state index is 13.3. The lowest BCUT2D eigenvalue weighted by Crippen LogP contribution is -2.35. The number of aliphatic hydroxyl groups excluding tert-OH is 1. The van der Waals surface area contributed by atoms with Crippen molar-refractivity contribution in [3.63, 3.8) is 0 Å². The predicted molar refractivity (Wildman–Crippen MR) is 121 cm³/mol. The van der Waals surface area contributed by atoms with Crippen molar-refractivity contribution in [2.24, 2.45) is 0 Å². The average molecular weight is 438 g/mol. The minimum atomic E-state index is -0.991. The van der Waals surface area contributed by atoms with Gasteiger partial charge in [0.1, 0.15) is 18.5 Å². The number of non-ortho nitro benzene ring substituents is 1. The summed E-state index contributed by atoms with van der Waals surface area (Å²) in [4.78, 5) is 30.4. The third-order valence-electron chi connectivity index (χ3n) is 5.70. The molecule has 1 aromatic heterocycles. The van der Waals surface area contributed by atoms with Crippen molar-refractivity contribution in [3.8, 4) is 5.75 Å². The number of rotatable bonds is 8. The van der Waals surface area contributed by atoms with E-state index in [0.29, 0.717) is 22.6 Å². The van der Waals surface area contributed by atoms with E-state index in [1.807, 2.05) is 29.2 Å². The number of hydrogen-bond donors (Lipinski definition) is 1. The molecule has 0 bridgehead atoms. The van der Waals surface area contributed by atoms with Gasteiger partial charge in [0.25, 0.3) is 11.2 Å². The summed E-state index contributed by atoms with van der Waals surface area (Å²) in [6.07, 6.45) is 1.89. The number of hydrogen-bond acceptors (Lipinski definition) is 7. The Morgan fingerprint density at radius 2 is 1.91 bits per heavy atom. The Bertz CT molecular complexity index is 1170. The first-order valence-electron chi connectivity index (χ1n) is 10.8. The van der Waals surface area contributed by atoms with E-state index in [9.17, 15) is 20.0 Å². The zero-order chi connectivity index (χ0) is 22.7. The SMILES string of the molecule is CCc1ccc(OC[C@@H](O)Cn2c(=O)c(N3CCCC3)nc3ccc([N+](=O)[O-])cc32)cc1. The molecule has 0 amide bonds. The normalized spacial score (nSPS) is 14.6. The topological polar surface area (TPSA) is 111 Å². The van der Waals surface area contributed by atoms with Gasteiger partial charge < -0.3 is 19.3 Å². The van der Waals surface area contributed by atoms with E-state index in [1.165, 1.54) is 22.3 Å². The second-order valence-corrected chi connectivity index (χ2v) is 7.94. The van der Waals surface area contributed by atoms with E-state index < -0.39 is 11.0 Å². The zero-order valence-electron chi connectivity index (χ0n) is 17.9. The van der Waals surface area contributed by atoms with E-state index in [1.54, 1.807) is 6.07 Å². The Kier molecular flexibility index (Phi) is 6.36. The smallest absolute Gasteiger partial charge is 0.294 e. The molecule has 1 aliphatic heterocycles. The Balaban J connectivity index is 1.63. The van der Waals surface area contributed by atoms with Gasteiger partial charge in [0.2, 0.25) is 0 Å². The summed E-state index contributed by atoms with van der Waals surface area (Å²) in [6, 6.07) is 11.9. The van der Waals surface area contributed by atoms with Crippen LogP contribution in [0.2, 0.25) is 0 Å². The van der Waals surface area contributed by atoms with Gasteiger partial charge in [-0.25, -0.2) is 4.98 Å². The highest BCUT2D eigenvalue weighted by atomic mass is 16.6. The molecule has 0 saturated carbocycles. The molecule has 9 heteroatoms. The number of nitrogens with zero attached hydrogens (tertiary/aromatic N) is 4. The molecule has 1 fully saturated rings. The van der Waals surface area contributed by atoms with Crippen LogP contribution in [0.25, 0.3) is 11.0 Å². The molecule has 9 nitrogen and oxygen atoms in total. The predicted octanol–water partition coefficient (Wildman–Crippen LogP) is 2.91. The van der Waals surface area contributed by atoms with Crippen molar-refractivity contribution in [1.82, 2.24) is 9.55 Å². The number of aliphatic hydroxyl groups is 1. The first-order chi connectivity index (χ1) is 15.5. The van der Waals surface area contributed by atoms with Gasteiger partial charge in [-0.1, -0.05) is 19.1 Å². The summed E-state index contributed by atoms with van der Waals surface area (Å²) in [5, 5.41) is 21.9. The number of aryl methyl sites for hydroxylation is 1. The van der Waals surface area contributed by atoms with E-state index in [4.69, 9.17) is 4.74 Å². The molecule has 3 aromatic rings. The van der Waals surface area contributed by atoms with E-state index in [-0.39, 0.29) is 24.4 Å². The molecule has 0 spiro atoms. The highest BCUT2D eigenvalue weighted by Gasteiger charge is 2.22. The van der Waals surface area contributed by atoms with Crippen LogP contribution in [-0.4, -0.2) is 45.4 Å². The summed E-state index contributed by atoms with van der Waals surface area (Å²) < 4.78 is 7.06. The lowest BCUT2D eigenvalue weighted by Gasteiger charge is -2.20. The standard InChI is InChI=1S/C23H26N4O5/c1-2-16-5-8-19(9-6-16)32-15-18(28)14-26-21-13-17(27(30)31)7-10-20(21)24-22(23(26)29)25-11-3-4-12-25/h5-10,13,18,28H,2-4,11-12,14-15H2,1H3/t18-/m0/s1. The molecular formula is C23H26N4O5. The second-order valence-electron chi connectivity index (χ2n) is 7.94. The number of nitro groups is 1. The van der Waals surface area contributed by atoms with Gasteiger partial charge in [-0.15, -0.1) is 0 Å². The quantitative estimate of drug-likeness (QED) is 0.425. The molecule has 168 valence electrons. The van der Waals surface area contributed by atoms with Crippen LogP contribution in [0.15, 0.2) is 47.3 Å². The third kappa shape index (κ3) is 4.57. The number of nitro benzene ring substituents is 1. The molecular weight excluding hydrogens is 412 g/mol. The van der Waals surface area contributed by atoms with Gasteiger partial charge in [0.05, 0.1) is 22.5 Å². The fourth-order valence-electron chi connectivity index (χ4n) is 3.92. The Morgan fingerprint density at radius 1 is 1.19 bits per heavy atom. The number of aromatic nitrogens is 2. The van der Waals surface area contributed by atoms with Crippen LogP contribution in [0.3, 0.4) is 0 Å². The number of fused-ring (bicyclic) bond motifs is 1. The Hall–Kier alpha value is -3.46. The molecule has 1 saturated heterocycles. The van der Waals surface area contributed by atoms with Gasteiger partial charge in [-0.05, 0) is 43.0 Å². The van der Waals surface area contributed by atoms with Crippen LogP contribution in [0.4, 0.5) is 11.5 Å². The van der Waals surface area contributed by atoms with Gasteiger partial charge in [0.15, 0.2) is 5.82 Å². The summed E-state index contributed by atoms with van der Waals surface area (Å²) >= 11 is 0. The fourth-order valence-corrected chi connectivity index (χ4v) is 3.92. The Labute approximate surface area is 185 Å². The van der Waals surface area contributed by atoms with Crippen LogP contribution in [0, 0.1) is 10.1 Å². The maximum Gasteiger partial charge on any atom is 0.294 e. The van der Waals surface area contributed by atoms with Crippen LogP contribution >= 0.6 is 0 Å². The van der Waals surface area contributed by atoms with Gasteiger partial charge >= 0.3 is 0 Å². The van der Waals surface area contributed by atoms with Crippen LogP contribution in [0.1, 0.15) is 25.3 Å². The molecule has 1 N–H and O–H groups in total. The molecule has 4 rings (SSSR count). The maximum absolute atomic E-state index is 13.3. The van der Waals surface area contributed by atoms with Crippen molar-refractivity contribution < 1.29 is 14.8 Å². The fraction of sp³-hybridized carbons (Fsp3) is 0.391. The molecule has 1 atom stereocenters. The average Bonchev–Trinajstić information content (AvgIpc) is 3.34. The lowest BCUT2D eigenvalue weighted by molar-refractivity contribution is -0.384. The van der Waals surface area contributed by atoms with Crippen LogP contribution in [0.5, 0.6) is 5.75 Å². The monoisotopic (exact) mass is 438 g/mol. The molecule has 2 aromatic carbocycles. The Morgan fingerprint density at radius 3 is 2.56 bits per heavy atom. The first kappa shape index (κ1) is 21.8. The molecule has 0 unspecified atom stereocenters. The van der Waals surface area contributed by atoms with E-state index >= 15 is 0 Å². The number of benzene rings is 2. The lowest BCUT2D eigenvalue weighted by atomic mass is 10.2. The van der Waals surface area contributed by atoms with Gasteiger partial charge in [-0.3, -0.25) is 14.9 Å². The molecule has 0 aliphatic carbocycles. The van der Waals surface area contributed by atoms with Gasteiger partial charge in [0, 0.05) is 25.2 Å². The highest BCUT2D eigenvalue weighted by molar-refractivity contribution is 5.79. The summed E-state index contributed by atoms with van der Waals surface area (Å²) in [5.74, 6) is 0.939. The zero-order valence-corrected chi connectivity index (χ0v) is 17.9. The second kappa shape index (κ2) is 9.35. The van der Waals surface area contributed by atoms with Crippen LogP contribution in [-0.2, 0) is 13.0 Å². The first-order valence-corrected chi connectivity index (χ1v) is 10.8. The van der Waals surface area contributed by atoms with E-state index in [0.717, 1.165) is 32.4 Å². The van der Waals surface area contributed by atoms with Crippen LogP contribution < -0.4 is 15.2 Å². The number of ether oxygens (including phenoxy) is 1. The largest absolute Gasteiger partial charge is 0.491 e. The van der Waals surface area contributed by atoms with Crippen molar-refractivity contribution in [2.75, 3.05) is 24.6 Å². The molecule has 2 heterocycles. The minimum Gasteiger partial charge on any atom is -0.491 e. The molecule has 1 aliphatic rings. The number of anilines is 1. The summed E-state index contributed by atoms with van der Waals surface area (Å²) in [7, 11) is 0. The minimum absolute atomic E-state index is 0.0182. The molecule has 0 radical (unpaired) electrons. The third-order valence-corrected chi connectivity index (χ3v) is 5.70. The van der Waals surface area contributed by atoms with Gasteiger partial charge in [-0.2, -0.15) is 0 Å². The summed E-state index contributed by atoms with van der Waals surface area (Å²) in [5.41, 5.74) is 1.47. The van der Waals surface area contributed by atoms with E-state index in [2.05, 4.69) is 11.9 Å². The van der Waals surface area contributed by atoms with Crippen molar-refractivity contribution in [2.45, 2.75) is 38.8 Å². The van der Waals surface area contributed by atoms with Crippen molar-refractivity contribution in [1.29, 1.82) is 0 Å². The molecule has 32 heavy (non-hydrogen) atoms. The van der Waals surface area contributed by atoms with Crippen molar-refractivity contribution >= 4 is 22.5 Å². The summed E-state index contributed by atoms with van der Waals surface area (Å²) in [6.45, 7) is 3.46. The highest BCUT2D eigenvalue weighted by Crippen LogP contribution is 2.23. The van der Waals surface area contributed by atoms with Crippen molar-refractivity contribution in [3.05, 3.63) is 68.5 Å².